The molecule has 5 N–H and O–H groups in total. The molecule has 5 heterocycles. The predicted octanol–water partition coefficient (Wildman–Crippen LogP) is -0.647. The first-order chi connectivity index (χ1) is 19.0. The van der Waals surface area contributed by atoms with Gasteiger partial charge in [-0.3, -0.25) is 24.0 Å². The summed E-state index contributed by atoms with van der Waals surface area (Å²) in [5.41, 5.74) is 4.01. The second-order valence-corrected chi connectivity index (χ2v) is 12.1. The van der Waals surface area contributed by atoms with Gasteiger partial charge in [-0.05, 0) is 20.3 Å². The Morgan fingerprint density at radius 3 is 2.70 bits per heavy atom. The van der Waals surface area contributed by atoms with Crippen molar-refractivity contribution in [2.75, 3.05) is 37.7 Å². The summed E-state index contributed by atoms with van der Waals surface area (Å²) in [5.74, 6) is -2.58. The topological polar surface area (TPSA) is 204 Å². The molecule has 0 aromatic carbocycles. The van der Waals surface area contributed by atoms with Crippen molar-refractivity contribution in [1.82, 2.24) is 24.5 Å². The van der Waals surface area contributed by atoms with Gasteiger partial charge in [0.15, 0.2) is 5.13 Å². The maximum Gasteiger partial charge on any atom is 0.352 e. The molecule has 40 heavy (non-hydrogen) atoms. The molecule has 1 aromatic rings. The van der Waals surface area contributed by atoms with Crippen LogP contribution in [0.15, 0.2) is 16.4 Å². The zero-order chi connectivity index (χ0) is 28.8. The fourth-order valence-electron chi connectivity index (χ4n) is 5.02. The molecule has 214 valence electrons. The first kappa shape index (κ1) is 27.8. The molecular formula is C23H29N8O7S2+. The molecule has 0 radical (unpaired) electrons. The van der Waals surface area contributed by atoms with Crippen molar-refractivity contribution in [2.45, 2.75) is 50.1 Å². The largest absolute Gasteiger partial charge is 0.478 e. The van der Waals surface area contributed by atoms with Crippen LogP contribution in [0.2, 0.25) is 0 Å². The van der Waals surface area contributed by atoms with E-state index in [1.165, 1.54) is 36.3 Å². The van der Waals surface area contributed by atoms with E-state index in [4.69, 9.17) is 10.6 Å². The van der Waals surface area contributed by atoms with E-state index in [9.17, 15) is 29.4 Å². The highest BCUT2D eigenvalue weighted by Crippen LogP contribution is 2.40. The first-order valence-corrected chi connectivity index (χ1v) is 14.5. The number of carboxylic acids is 2. The lowest BCUT2D eigenvalue weighted by Gasteiger charge is -2.49. The third kappa shape index (κ3) is 5.10. The molecule has 15 nitrogen and oxygen atoms in total. The third-order valence-corrected chi connectivity index (χ3v) is 8.96. The molecule has 4 aliphatic heterocycles. The van der Waals surface area contributed by atoms with Gasteiger partial charge >= 0.3 is 11.9 Å². The van der Waals surface area contributed by atoms with E-state index in [0.717, 1.165) is 50.4 Å². The number of carbonyl (C=O) groups is 4. The average molecular weight is 594 g/mol. The smallest absolute Gasteiger partial charge is 0.352 e. The number of aromatic nitrogens is 2. The van der Waals surface area contributed by atoms with Crippen LogP contribution in [0.5, 0.6) is 0 Å². The Hall–Kier alpha value is -3.73. The summed E-state index contributed by atoms with van der Waals surface area (Å²) in [6.07, 6.45) is 3.02. The van der Waals surface area contributed by atoms with Gasteiger partial charge in [0, 0.05) is 29.3 Å². The number of fused-ring (bicyclic) bond motifs is 1. The van der Waals surface area contributed by atoms with Crippen LogP contribution >= 0.6 is 23.3 Å². The zero-order valence-electron chi connectivity index (χ0n) is 21.8. The van der Waals surface area contributed by atoms with Crippen LogP contribution in [-0.4, -0.2) is 118 Å². The Labute approximate surface area is 236 Å². The molecule has 0 spiro atoms. The quantitative estimate of drug-likeness (QED) is 0.122. The fourth-order valence-corrected chi connectivity index (χ4v) is 6.79. The highest BCUT2D eigenvalue weighted by atomic mass is 32.2. The Bertz CT molecular complexity index is 1370. The van der Waals surface area contributed by atoms with E-state index in [-0.39, 0.29) is 16.7 Å². The van der Waals surface area contributed by atoms with Gasteiger partial charge in [0.25, 0.3) is 11.8 Å². The number of nitrogens with one attached hydrogen (secondary N) is 1. The summed E-state index contributed by atoms with van der Waals surface area (Å²) in [4.78, 5) is 62.6. The van der Waals surface area contributed by atoms with Gasteiger partial charge in [0.1, 0.15) is 23.7 Å². The lowest BCUT2D eigenvalue weighted by Crippen LogP contribution is -2.71. The molecule has 2 amide bonds. The lowest BCUT2D eigenvalue weighted by molar-refractivity contribution is -0.529. The van der Waals surface area contributed by atoms with Gasteiger partial charge in [0.05, 0.1) is 26.1 Å². The van der Waals surface area contributed by atoms with Crippen molar-refractivity contribution in [2.24, 2.45) is 5.16 Å². The molecule has 5 rings (SSSR count). The maximum absolute atomic E-state index is 13.2. The number of hydrogen-bond donors (Lipinski definition) is 4. The minimum atomic E-state index is -1.77. The van der Waals surface area contributed by atoms with Crippen molar-refractivity contribution in [3.05, 3.63) is 17.1 Å². The molecule has 0 unspecified atom stereocenters. The van der Waals surface area contributed by atoms with Gasteiger partial charge in [-0.15, -0.1) is 11.8 Å². The number of thioether (sulfide) groups is 1. The van der Waals surface area contributed by atoms with E-state index in [0.29, 0.717) is 17.9 Å². The molecule has 0 aliphatic carbocycles. The second kappa shape index (κ2) is 10.7. The minimum Gasteiger partial charge on any atom is -0.478 e. The van der Waals surface area contributed by atoms with Gasteiger partial charge in [-0.25, -0.2) is 9.59 Å². The second-order valence-electron chi connectivity index (χ2n) is 10.2. The first-order valence-electron chi connectivity index (χ1n) is 12.6. The summed E-state index contributed by atoms with van der Waals surface area (Å²) < 4.78 is 6.29. The number of amidine groups is 1. The molecule has 1 saturated heterocycles. The Kier molecular flexibility index (Phi) is 7.43. The van der Waals surface area contributed by atoms with Gasteiger partial charge in [0.2, 0.25) is 23.0 Å². The highest BCUT2D eigenvalue weighted by molar-refractivity contribution is 8.00. The van der Waals surface area contributed by atoms with Crippen LogP contribution in [0.25, 0.3) is 0 Å². The summed E-state index contributed by atoms with van der Waals surface area (Å²) in [6, 6.07) is -1.04. The number of aliphatic carboxylic acids is 2. The molecule has 1 fully saturated rings. The number of β-lactam (4-membered cyclic amide) rings is 1. The number of rotatable bonds is 9. The lowest BCUT2D eigenvalue weighted by atomic mass is 10.0. The summed E-state index contributed by atoms with van der Waals surface area (Å²) >= 11 is 2.16. The molecule has 4 aliphatic rings. The number of nitrogens with two attached hydrogens (primary N) is 1. The SMILES string of the molecule is CC(C)(O/N=C(\C(=O)N[C@@H]1C(=O)N2C(C(=O)O)=C(CN3CCC[N+]4=C3CCC4)CS[C@H]12)c1nsc(N)n1)C(=O)O. The number of oxime groups is 1. The minimum absolute atomic E-state index is 0.0399. The van der Waals surface area contributed by atoms with Gasteiger partial charge in [-0.2, -0.15) is 9.36 Å². The van der Waals surface area contributed by atoms with Crippen LogP contribution in [-0.2, 0) is 24.0 Å². The fraction of sp³-hybridized carbons (Fsp3) is 0.565. The van der Waals surface area contributed by atoms with E-state index in [1.54, 1.807) is 0 Å². The van der Waals surface area contributed by atoms with Crippen LogP contribution in [0, 0.1) is 0 Å². The number of amides is 2. The van der Waals surface area contributed by atoms with Gasteiger partial charge in [-0.1, -0.05) is 5.16 Å². The van der Waals surface area contributed by atoms with Crippen LogP contribution < -0.4 is 11.1 Å². The molecule has 0 saturated carbocycles. The van der Waals surface area contributed by atoms with Crippen molar-refractivity contribution < 1.29 is 38.8 Å². The number of anilines is 1. The van der Waals surface area contributed by atoms with E-state index >= 15 is 0 Å². The molecule has 2 atom stereocenters. The Balaban J connectivity index is 1.34. The van der Waals surface area contributed by atoms with Crippen molar-refractivity contribution in [3.63, 3.8) is 0 Å². The number of carboxylic acid groups (broad SMARTS) is 2. The summed E-state index contributed by atoms with van der Waals surface area (Å²) in [7, 11) is 0. The van der Waals surface area contributed by atoms with Crippen LogP contribution in [0.3, 0.4) is 0 Å². The standard InChI is InChI=1S/C23H28N8O7S2/c1-23(2,21(36)37)38-27-13(16-26-22(24)40-28-16)17(32)25-14-18(33)31-15(20(34)35)11(10-39-19(14)31)9-30-8-4-7-29-6-3-5-12(29)30/h14,19H,3-10H2,1-2H3,(H4-,24,25,26,28,32,34,35,36,37)/p+1/b27-13-/t14-,19-/m1/s1. The normalized spacial score (nSPS) is 23.1. The Morgan fingerprint density at radius 2 is 2.02 bits per heavy atom. The van der Waals surface area contributed by atoms with E-state index < -0.39 is 46.5 Å². The number of nitrogens with zero attached hydrogens (tertiary/aromatic N) is 6. The van der Waals surface area contributed by atoms with Crippen molar-refractivity contribution in [3.8, 4) is 0 Å². The number of carbonyl (C=O) groups excluding carboxylic acids is 2. The summed E-state index contributed by atoms with van der Waals surface area (Å²) in [6.45, 7) is 5.76. The maximum atomic E-state index is 13.2. The van der Waals surface area contributed by atoms with Crippen molar-refractivity contribution >= 4 is 63.7 Å². The third-order valence-electron chi connectivity index (χ3n) is 7.08. The highest BCUT2D eigenvalue weighted by Gasteiger charge is 2.55. The van der Waals surface area contributed by atoms with Crippen LogP contribution in [0.1, 0.15) is 38.9 Å². The zero-order valence-corrected chi connectivity index (χ0v) is 23.5. The predicted molar refractivity (Wildman–Crippen MR) is 144 cm³/mol. The Morgan fingerprint density at radius 1 is 1.27 bits per heavy atom. The molecule has 1 aromatic heterocycles. The summed E-state index contributed by atoms with van der Waals surface area (Å²) in [5, 5.41) is 25.0. The van der Waals surface area contributed by atoms with Gasteiger partial charge < -0.3 is 26.1 Å². The number of hydrogen-bond acceptors (Lipinski definition) is 12. The van der Waals surface area contributed by atoms with E-state index in [1.807, 2.05) is 0 Å². The van der Waals surface area contributed by atoms with E-state index in [2.05, 4.69) is 29.3 Å². The molecule has 0 bridgehead atoms. The number of nitrogen functional groups attached to an aromatic ring is 1. The molecular weight excluding hydrogens is 564 g/mol. The monoisotopic (exact) mass is 593 g/mol. The molecule has 17 heteroatoms. The average Bonchev–Trinajstić information content (AvgIpc) is 3.56. The van der Waals surface area contributed by atoms with Crippen molar-refractivity contribution in [1.29, 1.82) is 0 Å². The van der Waals surface area contributed by atoms with Crippen LogP contribution in [0.4, 0.5) is 5.13 Å².